The summed E-state index contributed by atoms with van der Waals surface area (Å²) >= 11 is 3.53. The van der Waals surface area contributed by atoms with Gasteiger partial charge in [0.25, 0.3) is 26.9 Å². The van der Waals surface area contributed by atoms with E-state index in [2.05, 4.69) is 326 Å². The Morgan fingerprint density at radius 3 is 1.18 bits per heavy atom. The Kier molecular flexibility index (Phi) is 14.2. The molecule has 0 aliphatic carbocycles. The molecule has 15 heteroatoms. The number of hydrogen-bond donors (Lipinski definition) is 0. The van der Waals surface area contributed by atoms with E-state index in [0.29, 0.717) is 0 Å². The largest absolute Gasteiger partial charge is 0.471 e. The van der Waals surface area contributed by atoms with Crippen LogP contribution in [0.1, 0.15) is 25.0 Å². The molecule has 0 amide bonds. The van der Waals surface area contributed by atoms with Gasteiger partial charge in [-0.25, -0.2) is 0 Å². The van der Waals surface area contributed by atoms with Crippen molar-refractivity contribution < 1.29 is 31.2 Å². The molecule has 17 aromatic carbocycles. The first-order valence-electron chi connectivity index (χ1n) is 42.4. The smallest absolute Gasteiger partial charge is 0.290 e. The summed E-state index contributed by atoms with van der Waals surface area (Å²) in [5.74, 6) is 1.65. The van der Waals surface area contributed by atoms with Crippen molar-refractivity contribution >= 4 is 290 Å². The minimum Gasteiger partial charge on any atom is -0.471 e. The number of nitrogens with zero attached hydrogens (tertiary/aromatic N) is 2. The zero-order chi connectivity index (χ0) is 81.1. The Morgan fingerprint density at radius 1 is 0.266 bits per heavy atom. The van der Waals surface area contributed by atoms with Crippen molar-refractivity contribution in [2.45, 2.75) is 19.3 Å². The number of benzene rings is 17. The third-order valence-corrected chi connectivity index (χ3v) is 29.3. The Labute approximate surface area is 718 Å². The highest BCUT2D eigenvalue weighted by molar-refractivity contribution is 7.18. The standard InChI is InChI=1S/C55H35B2NO3S.C54H29B2NO4S/c1-55(2)41-11-5-7-13-43(41)58(44-14-8-6-12-42(44)55)36-20-17-34(18-21-36)56-51-49-39-27-29-59-45(39)23-24-46(49)60-54(51)57(52-50-40-28-30-62-48(40)26-25-47(50)61-53(52)56)35-19-22-38-33(31-35)16-15-32-9-3-4-10-37(32)38;1-3-10-42-39(8-1)57(40-9-2-4-11-43(40)59-42)36-18-16-34(17-19-36)55-52-50-38-25-27-62-46(38)23-22-45(50)61-54(52)56(51-49-37-24-26-58-41(37)20-21-44(49)60-53(51)55)35-28-32-14-12-30-6-5-7-31-13-15-33(29-35)48(32)47(30)31/h3-31H,1-2H3;1-29H. The van der Waals surface area contributed by atoms with E-state index >= 15 is 0 Å². The molecule has 0 unspecified atom stereocenters. The van der Waals surface area contributed by atoms with E-state index in [4.69, 9.17) is 31.2 Å². The Hall–Kier alpha value is -14.9. The number of furan rings is 6. The Balaban J connectivity index is 0.000000127. The van der Waals surface area contributed by atoms with Crippen LogP contribution in [0.25, 0.3) is 140 Å². The molecule has 4 aliphatic rings. The zero-order valence-electron chi connectivity index (χ0n) is 66.9. The van der Waals surface area contributed by atoms with Gasteiger partial charge in [0.1, 0.15) is 33.5 Å². The molecule has 25 aromatic rings. The summed E-state index contributed by atoms with van der Waals surface area (Å²) in [6.45, 7) is 3.66. The van der Waals surface area contributed by atoms with E-state index in [0.717, 1.165) is 150 Å². The van der Waals surface area contributed by atoms with Crippen LogP contribution in [0.4, 0.5) is 34.1 Å². The average Bonchev–Trinajstić information content (AvgIpc) is 1.53. The molecule has 124 heavy (non-hydrogen) atoms. The first-order chi connectivity index (χ1) is 61.2. The highest BCUT2D eigenvalue weighted by Gasteiger charge is 2.50. The van der Waals surface area contributed by atoms with Gasteiger partial charge in [-0.3, -0.25) is 0 Å². The second-order valence-electron chi connectivity index (χ2n) is 34.2. The molecular weight excluding hydrogens is 1560 g/mol. The lowest BCUT2D eigenvalue weighted by Crippen LogP contribution is -2.73. The maximum Gasteiger partial charge on any atom is 0.290 e. The van der Waals surface area contributed by atoms with Crippen LogP contribution in [0.5, 0.6) is 11.5 Å². The van der Waals surface area contributed by atoms with Crippen molar-refractivity contribution in [1.29, 1.82) is 0 Å². The molecule has 576 valence electrons. The molecule has 0 spiro atoms. The lowest BCUT2D eigenvalue weighted by molar-refractivity contribution is 0.477. The van der Waals surface area contributed by atoms with E-state index in [1.54, 1.807) is 35.2 Å². The van der Waals surface area contributed by atoms with Crippen LogP contribution in [-0.4, -0.2) is 26.9 Å². The molecule has 29 rings (SSSR count). The Morgan fingerprint density at radius 2 is 0.645 bits per heavy atom. The highest BCUT2D eigenvalue weighted by Crippen LogP contribution is 2.53. The van der Waals surface area contributed by atoms with Crippen molar-refractivity contribution in [3.63, 3.8) is 0 Å². The number of fused-ring (bicyclic) bond motifs is 27. The summed E-state index contributed by atoms with van der Waals surface area (Å²) in [6.07, 6.45) is 3.57. The van der Waals surface area contributed by atoms with Crippen molar-refractivity contribution in [1.82, 2.24) is 0 Å². The topological polar surface area (TPSA) is 94.6 Å². The van der Waals surface area contributed by atoms with Gasteiger partial charge in [0, 0.05) is 69.3 Å². The van der Waals surface area contributed by atoms with Crippen LogP contribution in [0.2, 0.25) is 0 Å². The summed E-state index contributed by atoms with van der Waals surface area (Å²) in [6, 6.07) is 118. The van der Waals surface area contributed by atoms with Crippen molar-refractivity contribution in [3.8, 4) is 11.5 Å². The molecule has 0 atom stereocenters. The van der Waals surface area contributed by atoms with E-state index in [9.17, 15) is 0 Å². The van der Waals surface area contributed by atoms with Gasteiger partial charge in [0.15, 0.2) is 11.5 Å². The minimum absolute atomic E-state index is 0.135. The zero-order valence-corrected chi connectivity index (χ0v) is 68.5. The molecule has 0 saturated heterocycles. The number of rotatable bonds is 6. The SMILES string of the molecule is CC1(C)c2ccccc2N(c2ccc(B3c4oc5ccc6sccc6c5c4B(c4ccc5c(ccc6ccccc65)c4)c4oc5ccc6occc6c5c43)cc2)c2ccccc21.c1ccc2c(c1)Oc1ccccc1N2c1ccc(B2c3oc4ccc5occc5c4c3B(c3cc4ccc5cccc6ccc(c3)c4c56)c3oc4ccc5sccc5c4c32)cc1. The fraction of sp³-hybridized carbons (Fsp3) is 0.0275. The van der Waals surface area contributed by atoms with Gasteiger partial charge in [-0.05, 0) is 231 Å². The predicted molar refractivity (Wildman–Crippen MR) is 520 cm³/mol. The van der Waals surface area contributed by atoms with Crippen molar-refractivity contribution in [3.05, 3.63) is 362 Å². The summed E-state index contributed by atoms with van der Waals surface area (Å²) in [4.78, 5) is 4.71. The monoisotopic (exact) mass is 1620 g/mol. The number of thiophene rings is 2. The quantitative estimate of drug-likeness (QED) is 0.119. The first-order valence-corrected chi connectivity index (χ1v) is 44.1. The second-order valence-corrected chi connectivity index (χ2v) is 36.1. The molecule has 0 saturated carbocycles. The fourth-order valence-electron chi connectivity index (χ4n) is 22.3. The van der Waals surface area contributed by atoms with Gasteiger partial charge >= 0.3 is 0 Å². The molecule has 0 N–H and O–H groups in total. The van der Waals surface area contributed by atoms with Crippen molar-refractivity contribution in [2.24, 2.45) is 0 Å². The summed E-state index contributed by atoms with van der Waals surface area (Å²) < 4.78 is 50.1. The van der Waals surface area contributed by atoms with Gasteiger partial charge in [0.05, 0.1) is 57.9 Å². The predicted octanol–water partition coefficient (Wildman–Crippen LogP) is 21.9. The van der Waals surface area contributed by atoms with Gasteiger partial charge in [-0.2, -0.15) is 0 Å². The maximum absolute atomic E-state index is 7.32. The first kappa shape index (κ1) is 68.8. The molecule has 0 radical (unpaired) electrons. The van der Waals surface area contributed by atoms with Crippen LogP contribution < -0.4 is 80.9 Å². The number of hydrogen-bond acceptors (Lipinski definition) is 11. The summed E-state index contributed by atoms with van der Waals surface area (Å²) in [7, 11) is 0. The molecule has 8 aromatic heterocycles. The lowest BCUT2D eigenvalue weighted by Gasteiger charge is -2.42. The normalized spacial score (nSPS) is 13.9. The number of anilines is 6. The average molecular weight is 1620 g/mol. The van der Waals surface area contributed by atoms with Crippen molar-refractivity contribution in [2.75, 3.05) is 9.80 Å². The third-order valence-electron chi connectivity index (χ3n) is 27.6. The summed E-state index contributed by atoms with van der Waals surface area (Å²) in [5.41, 5.74) is 27.2. The third kappa shape index (κ3) is 9.62. The Bertz CT molecular complexity index is 8690. The van der Waals surface area contributed by atoms with Crippen LogP contribution in [0, 0.1) is 0 Å². The van der Waals surface area contributed by atoms with Crippen LogP contribution in [0.15, 0.2) is 377 Å². The van der Waals surface area contributed by atoms with E-state index in [-0.39, 0.29) is 32.3 Å². The lowest BCUT2D eigenvalue weighted by atomic mass is 9.23. The molecule has 0 fully saturated rings. The van der Waals surface area contributed by atoms with E-state index < -0.39 is 0 Å². The molecule has 4 aliphatic heterocycles. The number of ether oxygens (including phenoxy) is 1. The molecule has 0 bridgehead atoms. The van der Waals surface area contributed by atoms with E-state index in [1.165, 1.54) is 113 Å². The fourth-order valence-corrected chi connectivity index (χ4v) is 23.8. The molecule has 12 heterocycles. The number of para-hydroxylation sites is 6. The summed E-state index contributed by atoms with van der Waals surface area (Å²) in [5, 5.41) is 25.8. The van der Waals surface area contributed by atoms with Gasteiger partial charge in [-0.15, -0.1) is 22.7 Å². The highest BCUT2D eigenvalue weighted by atomic mass is 32.1. The molecule has 9 nitrogen and oxygen atoms in total. The van der Waals surface area contributed by atoms with Crippen LogP contribution in [0.3, 0.4) is 0 Å². The van der Waals surface area contributed by atoms with E-state index in [1.807, 2.05) is 36.4 Å². The minimum atomic E-state index is -0.263. The van der Waals surface area contributed by atoms with Crippen LogP contribution >= 0.6 is 22.7 Å². The molecular formula is C109H64B4N2O7S2. The van der Waals surface area contributed by atoms with Gasteiger partial charge in [0.2, 0.25) is 0 Å². The van der Waals surface area contributed by atoms with Gasteiger partial charge < -0.3 is 41.0 Å². The van der Waals surface area contributed by atoms with Gasteiger partial charge in [-0.1, -0.05) is 230 Å². The van der Waals surface area contributed by atoms with Crippen LogP contribution in [-0.2, 0) is 5.41 Å². The maximum atomic E-state index is 7.32. The second kappa shape index (κ2) is 25.6.